The number of hydrogen-bond donors (Lipinski definition) is 0. The largest absolute Gasteiger partial charge is 0.297 e. The van der Waals surface area contributed by atoms with Gasteiger partial charge in [0.1, 0.15) is 4.83 Å². The maximum absolute atomic E-state index is 13.3. The van der Waals surface area contributed by atoms with Gasteiger partial charge in [-0.05, 0) is 30.7 Å². The van der Waals surface area contributed by atoms with Gasteiger partial charge >= 0.3 is 0 Å². The molecular weight excluding hydrogens is 408 g/mol. The van der Waals surface area contributed by atoms with Crippen molar-refractivity contribution < 1.29 is 0 Å². The lowest BCUT2D eigenvalue weighted by Crippen LogP contribution is -2.23. The fourth-order valence-corrected chi connectivity index (χ4v) is 6.82. The van der Waals surface area contributed by atoms with Crippen molar-refractivity contribution in [1.29, 1.82) is 0 Å². The molecule has 5 nitrogen and oxygen atoms in total. The van der Waals surface area contributed by atoms with Crippen LogP contribution in [0.25, 0.3) is 15.2 Å². The molecule has 0 aliphatic heterocycles. The van der Waals surface area contributed by atoms with Gasteiger partial charge in [-0.25, -0.2) is 9.97 Å². The van der Waals surface area contributed by atoms with Crippen LogP contribution in [0.15, 0.2) is 40.4 Å². The van der Waals surface area contributed by atoms with Gasteiger partial charge in [-0.1, -0.05) is 24.8 Å². The van der Waals surface area contributed by atoms with E-state index in [2.05, 4.69) is 18.5 Å². The zero-order valence-corrected chi connectivity index (χ0v) is 18.0. The van der Waals surface area contributed by atoms with Crippen LogP contribution in [0.5, 0.6) is 0 Å². The molecular formula is C20H20N4OS3. The number of allylic oxidation sites excluding steroid dienone is 1. The summed E-state index contributed by atoms with van der Waals surface area (Å²) in [6.07, 6.45) is 9.01. The summed E-state index contributed by atoms with van der Waals surface area (Å²) in [5.74, 6) is 1.37. The highest BCUT2D eigenvalue weighted by Crippen LogP contribution is 2.36. The Morgan fingerprint density at radius 3 is 3.14 bits per heavy atom. The van der Waals surface area contributed by atoms with Crippen LogP contribution in [-0.4, -0.2) is 18.9 Å². The van der Waals surface area contributed by atoms with Gasteiger partial charge in [0, 0.05) is 34.9 Å². The van der Waals surface area contributed by atoms with Gasteiger partial charge < -0.3 is 0 Å². The van der Waals surface area contributed by atoms with Crippen molar-refractivity contribution in [3.8, 4) is 0 Å². The van der Waals surface area contributed by atoms with Crippen molar-refractivity contribution in [3.63, 3.8) is 0 Å². The SMILES string of the molecule is C=CCn1c(SCc2cn3ccsc3n2)nc2sc3c(c2c1=O)CC[C@@H](C)C3. The van der Waals surface area contributed by atoms with Crippen molar-refractivity contribution in [3.05, 3.63) is 56.9 Å². The molecule has 0 N–H and O–H groups in total. The highest BCUT2D eigenvalue weighted by molar-refractivity contribution is 7.98. The molecule has 0 amide bonds. The standard InChI is InChI=1S/C20H20N4OS3/c1-3-6-24-18(25)16-14-5-4-12(2)9-15(14)28-17(16)22-20(24)27-11-13-10-23-7-8-26-19(23)21-13/h3,7-8,10,12H,1,4-6,9,11H2,2H3/t12-/m1/s1. The van der Waals surface area contributed by atoms with Gasteiger partial charge in [-0.2, -0.15) is 0 Å². The first kappa shape index (κ1) is 18.1. The molecule has 5 rings (SSSR count). The van der Waals surface area contributed by atoms with Gasteiger partial charge in [0.15, 0.2) is 10.1 Å². The van der Waals surface area contributed by atoms with Crippen LogP contribution in [0.2, 0.25) is 0 Å². The van der Waals surface area contributed by atoms with Crippen molar-refractivity contribution in [1.82, 2.24) is 18.9 Å². The molecule has 4 heterocycles. The Labute approximate surface area is 174 Å². The Kier molecular flexibility index (Phi) is 4.65. The van der Waals surface area contributed by atoms with E-state index in [-0.39, 0.29) is 5.56 Å². The zero-order chi connectivity index (χ0) is 19.3. The number of thiazole rings is 1. The Hall–Kier alpha value is -1.90. The summed E-state index contributed by atoms with van der Waals surface area (Å²) in [5, 5.41) is 3.61. The Bertz CT molecular complexity index is 1220. The molecule has 4 aromatic rings. The van der Waals surface area contributed by atoms with Crippen molar-refractivity contribution in [2.45, 2.75) is 43.6 Å². The Morgan fingerprint density at radius 2 is 2.32 bits per heavy atom. The van der Waals surface area contributed by atoms with Crippen LogP contribution in [0, 0.1) is 5.92 Å². The summed E-state index contributed by atoms with van der Waals surface area (Å²) in [6.45, 7) is 6.60. The molecule has 1 atom stereocenters. The van der Waals surface area contributed by atoms with Crippen molar-refractivity contribution >= 4 is 49.6 Å². The fraction of sp³-hybridized carbons (Fsp3) is 0.350. The van der Waals surface area contributed by atoms with E-state index in [1.807, 2.05) is 22.2 Å². The van der Waals surface area contributed by atoms with Crippen LogP contribution in [0.1, 0.15) is 29.5 Å². The maximum atomic E-state index is 13.3. The molecule has 0 saturated carbocycles. The number of rotatable bonds is 5. The van der Waals surface area contributed by atoms with E-state index < -0.39 is 0 Å². The second-order valence-electron chi connectivity index (χ2n) is 7.24. The van der Waals surface area contributed by atoms with E-state index >= 15 is 0 Å². The number of nitrogens with zero attached hydrogens (tertiary/aromatic N) is 4. The minimum absolute atomic E-state index is 0.0743. The van der Waals surface area contributed by atoms with Gasteiger partial charge in [0.05, 0.1) is 11.1 Å². The summed E-state index contributed by atoms with van der Waals surface area (Å²) in [4.78, 5) is 26.1. The molecule has 0 bridgehead atoms. The number of thiophene rings is 1. The van der Waals surface area contributed by atoms with Crippen LogP contribution in [-0.2, 0) is 25.1 Å². The third kappa shape index (κ3) is 3.03. The summed E-state index contributed by atoms with van der Waals surface area (Å²) in [5.41, 5.74) is 2.31. The van der Waals surface area contributed by atoms with Gasteiger partial charge in [-0.15, -0.1) is 29.3 Å². The van der Waals surface area contributed by atoms with E-state index in [0.717, 1.165) is 45.3 Å². The first-order chi connectivity index (χ1) is 13.6. The number of hydrogen-bond acceptors (Lipinski definition) is 6. The molecule has 0 saturated heterocycles. The molecule has 144 valence electrons. The minimum Gasteiger partial charge on any atom is -0.297 e. The number of thioether (sulfide) groups is 1. The second-order valence-corrected chi connectivity index (χ2v) is 10.1. The van der Waals surface area contributed by atoms with E-state index in [9.17, 15) is 4.79 Å². The van der Waals surface area contributed by atoms with Crippen LogP contribution < -0.4 is 5.56 Å². The van der Waals surface area contributed by atoms with Gasteiger partial charge in [0.25, 0.3) is 5.56 Å². The van der Waals surface area contributed by atoms with E-state index in [0.29, 0.717) is 18.2 Å². The van der Waals surface area contributed by atoms with Crippen LogP contribution in [0.3, 0.4) is 0 Å². The molecule has 28 heavy (non-hydrogen) atoms. The first-order valence-corrected chi connectivity index (χ1v) is 12.0. The lowest BCUT2D eigenvalue weighted by atomic mass is 9.89. The van der Waals surface area contributed by atoms with Gasteiger partial charge in [-0.3, -0.25) is 13.8 Å². The monoisotopic (exact) mass is 428 g/mol. The molecule has 0 aromatic carbocycles. The molecule has 8 heteroatoms. The number of imidazole rings is 1. The maximum Gasteiger partial charge on any atom is 0.263 e. The van der Waals surface area contributed by atoms with Crippen molar-refractivity contribution in [2.75, 3.05) is 0 Å². The zero-order valence-electron chi connectivity index (χ0n) is 15.6. The van der Waals surface area contributed by atoms with Crippen LogP contribution >= 0.6 is 34.4 Å². The number of fused-ring (bicyclic) bond motifs is 4. The van der Waals surface area contributed by atoms with Crippen LogP contribution in [0.4, 0.5) is 0 Å². The second kappa shape index (κ2) is 7.17. The molecule has 4 aromatic heterocycles. The molecule has 1 aliphatic rings. The topological polar surface area (TPSA) is 52.2 Å². The van der Waals surface area contributed by atoms with E-state index in [4.69, 9.17) is 4.98 Å². The molecule has 0 unspecified atom stereocenters. The Balaban J connectivity index is 1.55. The first-order valence-electron chi connectivity index (χ1n) is 9.34. The molecule has 0 radical (unpaired) electrons. The number of aromatic nitrogens is 4. The summed E-state index contributed by atoms with van der Waals surface area (Å²) in [7, 11) is 0. The predicted octanol–water partition coefficient (Wildman–Crippen LogP) is 4.77. The number of aryl methyl sites for hydroxylation is 1. The average Bonchev–Trinajstić information content (AvgIpc) is 3.34. The summed E-state index contributed by atoms with van der Waals surface area (Å²) < 4.78 is 3.80. The quantitative estimate of drug-likeness (QED) is 0.261. The van der Waals surface area contributed by atoms with E-state index in [1.165, 1.54) is 10.4 Å². The molecule has 1 aliphatic carbocycles. The Morgan fingerprint density at radius 1 is 1.43 bits per heavy atom. The minimum atomic E-state index is 0.0743. The molecule has 0 spiro atoms. The predicted molar refractivity (Wildman–Crippen MR) is 118 cm³/mol. The summed E-state index contributed by atoms with van der Waals surface area (Å²) in [6, 6.07) is 0. The highest BCUT2D eigenvalue weighted by Gasteiger charge is 2.24. The highest BCUT2D eigenvalue weighted by atomic mass is 32.2. The molecule has 0 fully saturated rings. The van der Waals surface area contributed by atoms with Crippen molar-refractivity contribution in [2.24, 2.45) is 5.92 Å². The third-order valence-corrected chi connectivity index (χ3v) is 8.11. The smallest absolute Gasteiger partial charge is 0.263 e. The normalized spacial score (nSPS) is 16.7. The fourth-order valence-electron chi connectivity index (χ4n) is 3.79. The third-order valence-electron chi connectivity index (χ3n) is 5.18. The average molecular weight is 429 g/mol. The van der Waals surface area contributed by atoms with Gasteiger partial charge in [0.2, 0.25) is 0 Å². The van der Waals surface area contributed by atoms with E-state index in [1.54, 1.807) is 45.1 Å². The lowest BCUT2D eigenvalue weighted by molar-refractivity contribution is 0.509. The summed E-state index contributed by atoms with van der Waals surface area (Å²) >= 11 is 4.90. The lowest BCUT2D eigenvalue weighted by Gasteiger charge is -2.17.